The zero-order valence-corrected chi connectivity index (χ0v) is 15.0. The van der Waals surface area contributed by atoms with Crippen LogP contribution in [0.2, 0.25) is 0 Å². The monoisotopic (exact) mass is 356 g/mol. The zero-order valence-electron chi connectivity index (χ0n) is 15.0. The van der Waals surface area contributed by atoms with Crippen molar-refractivity contribution in [2.45, 2.75) is 25.4 Å². The van der Waals surface area contributed by atoms with E-state index in [0.29, 0.717) is 5.82 Å². The van der Waals surface area contributed by atoms with Crippen LogP contribution >= 0.6 is 0 Å². The standard InChI is InChI=1S/C21H20N6/c22-12-19-25-18-13-24-21-17(6-9-23-21)20(18)27(19)16-7-10-26(11-8-16)14-15-4-2-1-3-5-15/h1-6,9,13,16H,7-8,10-11,14H2,(H,23,24). The molecule has 1 saturated heterocycles. The first kappa shape index (κ1) is 16.0. The summed E-state index contributed by atoms with van der Waals surface area (Å²) in [6, 6.07) is 15.2. The number of pyridine rings is 1. The van der Waals surface area contributed by atoms with E-state index in [1.54, 1.807) is 6.20 Å². The summed E-state index contributed by atoms with van der Waals surface area (Å²) in [4.78, 5) is 14.6. The lowest BCUT2D eigenvalue weighted by molar-refractivity contribution is 0.181. The second-order valence-corrected chi connectivity index (χ2v) is 7.14. The topological polar surface area (TPSA) is 73.5 Å². The Balaban J connectivity index is 1.45. The molecule has 3 aromatic heterocycles. The van der Waals surface area contributed by atoms with Crippen molar-refractivity contribution in [3.63, 3.8) is 0 Å². The van der Waals surface area contributed by atoms with Crippen LogP contribution < -0.4 is 0 Å². The molecule has 0 radical (unpaired) electrons. The van der Waals surface area contributed by atoms with Crippen LogP contribution in [0.15, 0.2) is 48.8 Å². The highest BCUT2D eigenvalue weighted by Crippen LogP contribution is 2.32. The van der Waals surface area contributed by atoms with Gasteiger partial charge in [-0.3, -0.25) is 4.90 Å². The fourth-order valence-corrected chi connectivity index (χ4v) is 4.20. The van der Waals surface area contributed by atoms with E-state index in [0.717, 1.165) is 54.5 Å². The van der Waals surface area contributed by atoms with Gasteiger partial charge in [0.1, 0.15) is 17.2 Å². The largest absolute Gasteiger partial charge is 0.346 e. The van der Waals surface area contributed by atoms with Crippen molar-refractivity contribution >= 4 is 22.1 Å². The molecule has 1 aliphatic heterocycles. The van der Waals surface area contributed by atoms with Gasteiger partial charge >= 0.3 is 0 Å². The Morgan fingerprint density at radius 2 is 1.96 bits per heavy atom. The van der Waals surface area contributed by atoms with Crippen molar-refractivity contribution in [3.8, 4) is 6.07 Å². The van der Waals surface area contributed by atoms with Crippen LogP contribution in [-0.4, -0.2) is 37.5 Å². The number of piperidine rings is 1. The maximum Gasteiger partial charge on any atom is 0.214 e. The van der Waals surface area contributed by atoms with E-state index in [4.69, 9.17) is 0 Å². The second kappa shape index (κ2) is 6.53. The van der Waals surface area contributed by atoms with Crippen molar-refractivity contribution < 1.29 is 0 Å². The van der Waals surface area contributed by atoms with E-state index >= 15 is 0 Å². The normalized spacial score (nSPS) is 16.1. The van der Waals surface area contributed by atoms with Gasteiger partial charge in [-0.15, -0.1) is 0 Å². The summed E-state index contributed by atoms with van der Waals surface area (Å²) in [5.74, 6) is 0.488. The maximum atomic E-state index is 9.65. The Labute approximate surface area is 157 Å². The fraction of sp³-hybridized carbons (Fsp3) is 0.286. The number of imidazole rings is 1. The molecule has 6 nitrogen and oxygen atoms in total. The van der Waals surface area contributed by atoms with Crippen LogP contribution in [0, 0.1) is 11.3 Å². The molecule has 0 spiro atoms. The highest BCUT2D eigenvalue weighted by molar-refractivity contribution is 6.01. The molecule has 1 fully saturated rings. The molecule has 5 rings (SSSR count). The number of hydrogen-bond donors (Lipinski definition) is 1. The Morgan fingerprint density at radius 1 is 1.15 bits per heavy atom. The van der Waals surface area contributed by atoms with Crippen LogP contribution in [0.3, 0.4) is 0 Å². The molecule has 1 aliphatic rings. The van der Waals surface area contributed by atoms with Crippen LogP contribution in [0.5, 0.6) is 0 Å². The van der Waals surface area contributed by atoms with Crippen LogP contribution in [0.4, 0.5) is 0 Å². The third kappa shape index (κ3) is 2.77. The van der Waals surface area contributed by atoms with Crippen molar-refractivity contribution in [1.29, 1.82) is 5.26 Å². The molecule has 0 saturated carbocycles. The van der Waals surface area contributed by atoms with Gasteiger partial charge in [-0.25, -0.2) is 9.97 Å². The Hall–Kier alpha value is -3.17. The van der Waals surface area contributed by atoms with Gasteiger partial charge in [0.15, 0.2) is 0 Å². The number of likely N-dealkylation sites (tertiary alicyclic amines) is 1. The molecular formula is C21H20N6. The summed E-state index contributed by atoms with van der Waals surface area (Å²) in [5.41, 5.74) is 4.01. The molecule has 6 heteroatoms. The quantitative estimate of drug-likeness (QED) is 0.608. The number of rotatable bonds is 3. The predicted octanol–water partition coefficient (Wildman–Crippen LogP) is 3.62. The summed E-state index contributed by atoms with van der Waals surface area (Å²) in [5, 5.41) is 10.7. The molecule has 1 N–H and O–H groups in total. The number of aromatic amines is 1. The van der Waals surface area contributed by atoms with E-state index in [1.807, 2.05) is 12.3 Å². The summed E-state index contributed by atoms with van der Waals surface area (Å²) < 4.78 is 2.15. The molecule has 0 aliphatic carbocycles. The van der Waals surface area contributed by atoms with E-state index < -0.39 is 0 Å². The van der Waals surface area contributed by atoms with Gasteiger partial charge in [-0.05, 0) is 24.5 Å². The predicted molar refractivity (Wildman–Crippen MR) is 104 cm³/mol. The van der Waals surface area contributed by atoms with Crippen molar-refractivity contribution in [3.05, 3.63) is 60.2 Å². The first-order chi connectivity index (χ1) is 13.3. The maximum absolute atomic E-state index is 9.65. The van der Waals surface area contributed by atoms with Gasteiger partial charge in [0.2, 0.25) is 5.82 Å². The SMILES string of the molecule is N#Cc1nc2cnc3[nH]ccc3c2n1C1CCN(Cc2ccccc2)CC1. The number of hydrogen-bond acceptors (Lipinski definition) is 4. The summed E-state index contributed by atoms with van der Waals surface area (Å²) in [7, 11) is 0. The number of aromatic nitrogens is 4. The van der Waals surface area contributed by atoms with Gasteiger partial charge in [-0.1, -0.05) is 30.3 Å². The second-order valence-electron chi connectivity index (χ2n) is 7.14. The number of H-pyrrole nitrogens is 1. The lowest BCUT2D eigenvalue weighted by Crippen LogP contribution is -2.34. The van der Waals surface area contributed by atoms with Crippen LogP contribution in [0.1, 0.15) is 30.3 Å². The molecule has 0 atom stereocenters. The first-order valence-corrected chi connectivity index (χ1v) is 9.34. The van der Waals surface area contributed by atoms with E-state index in [2.05, 4.69) is 60.8 Å². The molecule has 0 amide bonds. The number of fused-ring (bicyclic) bond motifs is 3. The molecule has 1 aromatic carbocycles. The smallest absolute Gasteiger partial charge is 0.214 e. The number of nitriles is 1. The average Bonchev–Trinajstić information content (AvgIpc) is 3.33. The Kier molecular flexibility index (Phi) is 3.88. The highest BCUT2D eigenvalue weighted by Gasteiger charge is 2.25. The van der Waals surface area contributed by atoms with Crippen LogP contribution in [0.25, 0.3) is 22.1 Å². The number of nitrogens with zero attached hydrogens (tertiary/aromatic N) is 5. The molecular weight excluding hydrogens is 336 g/mol. The third-order valence-electron chi connectivity index (χ3n) is 5.51. The lowest BCUT2D eigenvalue weighted by atomic mass is 10.0. The third-order valence-corrected chi connectivity index (χ3v) is 5.51. The molecule has 134 valence electrons. The molecule has 4 aromatic rings. The number of benzene rings is 1. The molecule has 27 heavy (non-hydrogen) atoms. The lowest BCUT2D eigenvalue weighted by Gasteiger charge is -2.33. The zero-order chi connectivity index (χ0) is 18.2. The minimum atomic E-state index is 0.289. The Bertz CT molecular complexity index is 1130. The van der Waals surface area contributed by atoms with Crippen molar-refractivity contribution in [1.82, 2.24) is 24.4 Å². The van der Waals surface area contributed by atoms with E-state index in [-0.39, 0.29) is 6.04 Å². The molecule has 0 bridgehead atoms. The molecule has 4 heterocycles. The summed E-state index contributed by atoms with van der Waals surface area (Å²) >= 11 is 0. The minimum absolute atomic E-state index is 0.289. The van der Waals surface area contributed by atoms with Gasteiger partial charge in [0.25, 0.3) is 0 Å². The molecule has 0 unspecified atom stereocenters. The van der Waals surface area contributed by atoms with Gasteiger partial charge in [0.05, 0.1) is 11.7 Å². The van der Waals surface area contributed by atoms with Crippen LogP contribution in [-0.2, 0) is 6.54 Å². The first-order valence-electron chi connectivity index (χ1n) is 9.34. The average molecular weight is 356 g/mol. The highest BCUT2D eigenvalue weighted by atomic mass is 15.2. The summed E-state index contributed by atoms with van der Waals surface area (Å²) in [6.45, 7) is 3.02. The van der Waals surface area contributed by atoms with E-state index in [9.17, 15) is 5.26 Å². The minimum Gasteiger partial charge on any atom is -0.346 e. The fourth-order valence-electron chi connectivity index (χ4n) is 4.20. The van der Waals surface area contributed by atoms with Crippen molar-refractivity contribution in [2.75, 3.05) is 13.1 Å². The van der Waals surface area contributed by atoms with E-state index in [1.165, 1.54) is 5.56 Å². The van der Waals surface area contributed by atoms with Gasteiger partial charge < -0.3 is 9.55 Å². The van der Waals surface area contributed by atoms with Gasteiger partial charge in [0, 0.05) is 37.3 Å². The van der Waals surface area contributed by atoms with Crippen molar-refractivity contribution in [2.24, 2.45) is 0 Å². The number of nitrogens with one attached hydrogen (secondary N) is 1. The van der Waals surface area contributed by atoms with Gasteiger partial charge in [-0.2, -0.15) is 5.26 Å². The Morgan fingerprint density at radius 3 is 2.74 bits per heavy atom. The summed E-state index contributed by atoms with van der Waals surface area (Å²) in [6.07, 6.45) is 5.68.